The first-order valence-electron chi connectivity index (χ1n) is 4.64. The van der Waals surface area contributed by atoms with Crippen molar-refractivity contribution in [1.82, 2.24) is 0 Å². The second-order valence-electron chi connectivity index (χ2n) is 3.15. The molecule has 0 radical (unpaired) electrons. The summed E-state index contributed by atoms with van der Waals surface area (Å²) in [6.45, 7) is 0. The maximum absolute atomic E-state index is 13.1. The first kappa shape index (κ1) is 11.2. The number of thioether (sulfide) groups is 1. The van der Waals surface area contributed by atoms with Crippen molar-refractivity contribution in [3.63, 3.8) is 0 Å². The Kier molecular flexibility index (Phi) is 3.60. The monoisotopic (exact) mass is 249 g/mol. The summed E-state index contributed by atoms with van der Waals surface area (Å²) >= 11 is 3.37. The van der Waals surface area contributed by atoms with Gasteiger partial charge in [-0.2, -0.15) is 5.26 Å². The molecule has 4 heteroatoms. The van der Waals surface area contributed by atoms with Crippen LogP contribution in [-0.2, 0) is 5.75 Å². The fourth-order valence-electron chi connectivity index (χ4n) is 1.25. The fourth-order valence-corrected chi connectivity index (χ4v) is 2.98. The van der Waals surface area contributed by atoms with Crippen LogP contribution in [0.4, 0.5) is 4.39 Å². The molecule has 0 saturated heterocycles. The lowest BCUT2D eigenvalue weighted by Gasteiger charge is -2.01. The molecule has 1 aromatic heterocycles. The molecule has 0 aliphatic heterocycles. The van der Waals surface area contributed by atoms with Gasteiger partial charge in [-0.1, -0.05) is 12.1 Å². The Morgan fingerprint density at radius 1 is 1.38 bits per heavy atom. The fraction of sp³-hybridized carbons (Fsp3) is 0.0833. The number of nitrogens with zero attached hydrogens (tertiary/aromatic N) is 1. The predicted molar refractivity (Wildman–Crippen MR) is 65.0 cm³/mol. The van der Waals surface area contributed by atoms with E-state index in [0.29, 0.717) is 0 Å². The molecule has 2 aromatic rings. The number of hydrogen-bond donors (Lipinski definition) is 0. The number of hydrogen-bond acceptors (Lipinski definition) is 3. The Bertz CT molecular complexity index is 514. The van der Waals surface area contributed by atoms with Crippen LogP contribution in [0.1, 0.15) is 11.1 Å². The lowest BCUT2D eigenvalue weighted by atomic mass is 10.1. The molecule has 16 heavy (non-hydrogen) atoms. The maximum Gasteiger partial charge on any atom is 0.140 e. The Morgan fingerprint density at radius 2 is 2.25 bits per heavy atom. The van der Waals surface area contributed by atoms with Crippen molar-refractivity contribution in [1.29, 1.82) is 5.26 Å². The lowest BCUT2D eigenvalue weighted by Crippen LogP contribution is -1.87. The van der Waals surface area contributed by atoms with Crippen LogP contribution < -0.4 is 0 Å². The molecule has 0 fully saturated rings. The van der Waals surface area contributed by atoms with Crippen LogP contribution in [-0.4, -0.2) is 0 Å². The van der Waals surface area contributed by atoms with E-state index >= 15 is 0 Å². The van der Waals surface area contributed by atoms with Crippen molar-refractivity contribution in [3.8, 4) is 6.07 Å². The molecule has 0 N–H and O–H groups in total. The Balaban J connectivity index is 2.08. The summed E-state index contributed by atoms with van der Waals surface area (Å²) in [5.74, 6) is 0.308. The summed E-state index contributed by atoms with van der Waals surface area (Å²) in [5, 5.41) is 10.7. The van der Waals surface area contributed by atoms with Crippen molar-refractivity contribution >= 4 is 23.1 Å². The summed E-state index contributed by atoms with van der Waals surface area (Å²) in [6, 6.07) is 10.6. The van der Waals surface area contributed by atoms with E-state index in [4.69, 9.17) is 5.26 Å². The van der Waals surface area contributed by atoms with Gasteiger partial charge in [0.15, 0.2) is 0 Å². The van der Waals surface area contributed by atoms with E-state index in [0.717, 1.165) is 11.3 Å². The highest BCUT2D eigenvalue weighted by molar-refractivity contribution is 8.00. The highest BCUT2D eigenvalue weighted by Crippen LogP contribution is 2.27. The molecule has 0 aliphatic rings. The zero-order valence-electron chi connectivity index (χ0n) is 8.31. The lowest BCUT2D eigenvalue weighted by molar-refractivity contribution is 0.623. The van der Waals surface area contributed by atoms with E-state index in [1.54, 1.807) is 35.2 Å². The number of rotatable bonds is 3. The van der Waals surface area contributed by atoms with Crippen LogP contribution in [0.15, 0.2) is 39.9 Å². The number of benzene rings is 1. The number of nitriles is 1. The Hall–Kier alpha value is -1.31. The van der Waals surface area contributed by atoms with Gasteiger partial charge >= 0.3 is 0 Å². The van der Waals surface area contributed by atoms with Gasteiger partial charge < -0.3 is 0 Å². The minimum atomic E-state index is -0.452. The molecule has 1 heterocycles. The molecule has 1 aromatic carbocycles. The van der Waals surface area contributed by atoms with E-state index in [2.05, 4.69) is 0 Å². The molecule has 1 nitrogen and oxygen atoms in total. The third-order valence-corrected chi connectivity index (χ3v) is 4.23. The minimum absolute atomic E-state index is 0.115. The first-order chi connectivity index (χ1) is 7.79. The van der Waals surface area contributed by atoms with Crippen molar-refractivity contribution in [2.24, 2.45) is 0 Å². The molecule has 80 valence electrons. The zero-order chi connectivity index (χ0) is 11.4. The molecule has 0 atom stereocenters. The van der Waals surface area contributed by atoms with Crippen LogP contribution >= 0.6 is 23.1 Å². The van der Waals surface area contributed by atoms with Crippen molar-refractivity contribution in [2.75, 3.05) is 0 Å². The van der Waals surface area contributed by atoms with Crippen LogP contribution in [0.5, 0.6) is 0 Å². The van der Waals surface area contributed by atoms with E-state index in [1.165, 1.54) is 10.3 Å². The Labute approximate surface area is 102 Å². The molecular weight excluding hydrogens is 241 g/mol. The van der Waals surface area contributed by atoms with Gasteiger partial charge in [0.05, 0.1) is 9.77 Å². The molecule has 0 bridgehead atoms. The predicted octanol–water partition coefficient (Wildman–Crippen LogP) is 4.05. The van der Waals surface area contributed by atoms with Crippen molar-refractivity contribution < 1.29 is 4.39 Å². The van der Waals surface area contributed by atoms with Gasteiger partial charge in [0.1, 0.15) is 11.9 Å². The SMILES string of the molecule is N#Cc1cc(CSc2cccs2)ccc1F. The van der Waals surface area contributed by atoms with Crippen LogP contribution in [0.3, 0.4) is 0 Å². The summed E-state index contributed by atoms with van der Waals surface area (Å²) in [5.41, 5.74) is 1.08. The Morgan fingerprint density at radius 3 is 2.94 bits per heavy atom. The maximum atomic E-state index is 13.1. The quantitative estimate of drug-likeness (QED) is 0.766. The van der Waals surface area contributed by atoms with Crippen molar-refractivity contribution in [3.05, 3.63) is 52.7 Å². The first-order valence-corrected chi connectivity index (χ1v) is 6.51. The summed E-state index contributed by atoms with van der Waals surface area (Å²) < 4.78 is 14.3. The van der Waals surface area contributed by atoms with E-state index in [9.17, 15) is 4.39 Å². The molecule has 0 spiro atoms. The normalized spacial score (nSPS) is 10.0. The molecule has 0 saturated carbocycles. The second-order valence-corrected chi connectivity index (χ2v) is 5.37. The van der Waals surface area contributed by atoms with E-state index in [-0.39, 0.29) is 5.56 Å². The molecule has 0 unspecified atom stereocenters. The van der Waals surface area contributed by atoms with Crippen LogP contribution in [0, 0.1) is 17.1 Å². The van der Waals surface area contributed by atoms with Gasteiger partial charge in [-0.15, -0.1) is 23.1 Å². The van der Waals surface area contributed by atoms with Gasteiger partial charge in [0, 0.05) is 5.75 Å². The molecule has 0 amide bonds. The second kappa shape index (κ2) is 5.15. The van der Waals surface area contributed by atoms with Gasteiger partial charge in [0.2, 0.25) is 0 Å². The van der Waals surface area contributed by atoms with E-state index in [1.807, 2.05) is 23.6 Å². The summed E-state index contributed by atoms with van der Waals surface area (Å²) in [4.78, 5) is 0. The van der Waals surface area contributed by atoms with Gasteiger partial charge in [-0.05, 0) is 29.1 Å². The molecule has 0 aliphatic carbocycles. The van der Waals surface area contributed by atoms with Gasteiger partial charge in [-0.25, -0.2) is 4.39 Å². The van der Waals surface area contributed by atoms with Crippen LogP contribution in [0.25, 0.3) is 0 Å². The summed E-state index contributed by atoms with van der Waals surface area (Å²) in [6.07, 6.45) is 0. The smallest absolute Gasteiger partial charge is 0.140 e. The standard InChI is InChI=1S/C12H8FNS2/c13-11-4-3-9(6-10(11)7-14)8-16-12-2-1-5-15-12/h1-6H,8H2. The summed E-state index contributed by atoms with van der Waals surface area (Å²) in [7, 11) is 0. The largest absolute Gasteiger partial charge is 0.206 e. The number of thiophene rings is 1. The highest BCUT2D eigenvalue weighted by Gasteiger charge is 2.03. The average molecular weight is 249 g/mol. The van der Waals surface area contributed by atoms with Gasteiger partial charge in [0.25, 0.3) is 0 Å². The number of halogens is 1. The average Bonchev–Trinajstić information content (AvgIpc) is 2.81. The van der Waals surface area contributed by atoms with E-state index < -0.39 is 5.82 Å². The molecular formula is C12H8FNS2. The highest BCUT2D eigenvalue weighted by atomic mass is 32.2. The third kappa shape index (κ3) is 2.63. The minimum Gasteiger partial charge on any atom is -0.206 e. The topological polar surface area (TPSA) is 23.8 Å². The molecule has 2 rings (SSSR count). The third-order valence-electron chi connectivity index (χ3n) is 2.03. The van der Waals surface area contributed by atoms with Crippen LogP contribution in [0.2, 0.25) is 0 Å². The van der Waals surface area contributed by atoms with Crippen molar-refractivity contribution in [2.45, 2.75) is 9.96 Å². The zero-order valence-corrected chi connectivity index (χ0v) is 9.95. The van der Waals surface area contributed by atoms with Gasteiger partial charge in [-0.3, -0.25) is 0 Å².